The van der Waals surface area contributed by atoms with Crippen molar-refractivity contribution in [1.82, 2.24) is 15.0 Å². The van der Waals surface area contributed by atoms with Gasteiger partial charge in [0.05, 0.1) is 10.5 Å². The molecule has 0 bridgehead atoms. The van der Waals surface area contributed by atoms with E-state index in [0.29, 0.717) is 27.4 Å². The quantitative estimate of drug-likeness (QED) is 0.739. The summed E-state index contributed by atoms with van der Waals surface area (Å²) in [5.41, 5.74) is 1.25. The lowest BCUT2D eigenvalue weighted by Crippen LogP contribution is -2.05. The first-order chi connectivity index (χ1) is 10.2. The predicted molar refractivity (Wildman–Crippen MR) is 79.6 cm³/mol. The van der Waals surface area contributed by atoms with Crippen molar-refractivity contribution in [2.45, 2.75) is 0 Å². The van der Waals surface area contributed by atoms with Crippen LogP contribution in [0.4, 0.5) is 0 Å². The lowest BCUT2D eigenvalue weighted by Gasteiger charge is -2.07. The van der Waals surface area contributed by atoms with Gasteiger partial charge in [-0.15, -0.1) is 6.42 Å². The largest absolute Gasteiger partial charge is 0.437 e. The van der Waals surface area contributed by atoms with Crippen LogP contribution in [0.3, 0.4) is 0 Å². The van der Waals surface area contributed by atoms with E-state index in [1.165, 1.54) is 12.4 Å². The lowest BCUT2D eigenvalue weighted by molar-refractivity contribution is 0.466. The highest BCUT2D eigenvalue weighted by molar-refractivity contribution is 6.31. The molecule has 0 aliphatic heterocycles. The number of nitrogens with one attached hydrogen (secondary N) is 1. The molecule has 0 unspecified atom stereocenters. The Labute approximate surface area is 124 Å². The monoisotopic (exact) mass is 297 g/mol. The zero-order valence-electron chi connectivity index (χ0n) is 10.6. The number of H-pyrrole nitrogens is 1. The van der Waals surface area contributed by atoms with Gasteiger partial charge in [-0.25, -0.2) is 4.98 Å². The minimum atomic E-state index is -0.262. The van der Waals surface area contributed by atoms with Crippen molar-refractivity contribution in [3.8, 4) is 24.0 Å². The molecule has 0 saturated heterocycles. The number of pyridine rings is 1. The SMILES string of the molecule is C#Cc1cc(Oc2ncnc3ccc(=O)[nH]c23)ccc1Cl. The molecular weight excluding hydrogens is 290 g/mol. The van der Waals surface area contributed by atoms with Gasteiger partial charge in [0.15, 0.2) is 0 Å². The number of nitrogens with zero attached hydrogens (tertiary/aromatic N) is 2. The van der Waals surface area contributed by atoms with Crippen LogP contribution in [0.15, 0.2) is 41.5 Å². The summed E-state index contributed by atoms with van der Waals surface area (Å²) in [5, 5.41) is 0.464. The number of benzene rings is 1. The Morgan fingerprint density at radius 1 is 1.24 bits per heavy atom. The molecule has 2 heterocycles. The summed E-state index contributed by atoms with van der Waals surface area (Å²) in [6, 6.07) is 7.91. The van der Waals surface area contributed by atoms with Gasteiger partial charge < -0.3 is 9.72 Å². The molecular formula is C15H8ClN3O2. The Morgan fingerprint density at radius 3 is 2.90 bits per heavy atom. The molecule has 0 aliphatic rings. The summed E-state index contributed by atoms with van der Waals surface area (Å²) < 4.78 is 5.67. The standard InChI is InChI=1S/C15H8ClN3O2/c1-2-9-7-10(3-4-11(9)16)21-15-14-12(17-8-18-15)5-6-13(20)19-14/h1,3-8H,(H,19,20). The second-order valence-electron chi connectivity index (χ2n) is 4.15. The molecule has 0 aliphatic carbocycles. The van der Waals surface area contributed by atoms with Crippen molar-refractivity contribution in [1.29, 1.82) is 0 Å². The van der Waals surface area contributed by atoms with E-state index in [4.69, 9.17) is 22.8 Å². The lowest BCUT2D eigenvalue weighted by atomic mass is 10.2. The molecule has 21 heavy (non-hydrogen) atoms. The van der Waals surface area contributed by atoms with Crippen LogP contribution in [-0.2, 0) is 0 Å². The summed E-state index contributed by atoms with van der Waals surface area (Å²) in [4.78, 5) is 22.2. The first kappa shape index (κ1) is 13.2. The molecule has 0 atom stereocenters. The number of aromatic amines is 1. The Balaban J connectivity index is 2.08. The Morgan fingerprint density at radius 2 is 2.10 bits per heavy atom. The van der Waals surface area contributed by atoms with Crippen molar-refractivity contribution >= 4 is 22.6 Å². The fourth-order valence-corrected chi connectivity index (χ4v) is 1.99. The first-order valence-corrected chi connectivity index (χ1v) is 6.33. The number of hydrogen-bond donors (Lipinski definition) is 1. The minimum Gasteiger partial charge on any atom is -0.437 e. The van der Waals surface area contributed by atoms with Gasteiger partial charge in [0, 0.05) is 11.6 Å². The van der Waals surface area contributed by atoms with Gasteiger partial charge in [-0.3, -0.25) is 4.79 Å². The smallest absolute Gasteiger partial charge is 0.248 e. The van der Waals surface area contributed by atoms with E-state index in [1.54, 1.807) is 24.3 Å². The summed E-state index contributed by atoms with van der Waals surface area (Å²) in [6.07, 6.45) is 6.72. The summed E-state index contributed by atoms with van der Waals surface area (Å²) in [7, 11) is 0. The van der Waals surface area contributed by atoms with Crippen LogP contribution >= 0.6 is 11.6 Å². The second-order valence-corrected chi connectivity index (χ2v) is 4.56. The Bertz CT molecular complexity index is 928. The Kier molecular flexibility index (Phi) is 3.30. The molecule has 0 radical (unpaired) electrons. The van der Waals surface area contributed by atoms with Crippen LogP contribution in [0.2, 0.25) is 5.02 Å². The Hall–Kier alpha value is -2.84. The summed E-state index contributed by atoms with van der Waals surface area (Å²) >= 11 is 5.94. The molecule has 3 rings (SSSR count). The van der Waals surface area contributed by atoms with E-state index < -0.39 is 0 Å². The van der Waals surface area contributed by atoms with E-state index >= 15 is 0 Å². The highest BCUT2D eigenvalue weighted by Crippen LogP contribution is 2.27. The minimum absolute atomic E-state index is 0.239. The molecule has 1 aromatic carbocycles. The number of ether oxygens (including phenoxy) is 1. The average Bonchev–Trinajstić information content (AvgIpc) is 2.50. The molecule has 102 valence electrons. The zero-order valence-corrected chi connectivity index (χ0v) is 11.4. The van der Waals surface area contributed by atoms with E-state index in [9.17, 15) is 4.79 Å². The van der Waals surface area contributed by atoms with E-state index in [-0.39, 0.29) is 11.4 Å². The van der Waals surface area contributed by atoms with Gasteiger partial charge in [0.1, 0.15) is 17.6 Å². The number of aromatic nitrogens is 3. The van der Waals surface area contributed by atoms with Gasteiger partial charge >= 0.3 is 0 Å². The third kappa shape index (κ3) is 2.57. The van der Waals surface area contributed by atoms with Crippen molar-refractivity contribution < 1.29 is 4.74 Å². The van der Waals surface area contributed by atoms with Gasteiger partial charge in [-0.2, -0.15) is 4.98 Å². The molecule has 0 fully saturated rings. The highest BCUT2D eigenvalue weighted by atomic mass is 35.5. The van der Waals surface area contributed by atoms with Crippen molar-refractivity contribution in [2.75, 3.05) is 0 Å². The fourth-order valence-electron chi connectivity index (χ4n) is 1.81. The predicted octanol–water partition coefficient (Wildman–Crippen LogP) is 2.75. The van der Waals surface area contributed by atoms with Crippen molar-refractivity contribution in [3.63, 3.8) is 0 Å². The van der Waals surface area contributed by atoms with Gasteiger partial charge in [0.2, 0.25) is 11.4 Å². The molecule has 6 heteroatoms. The highest BCUT2D eigenvalue weighted by Gasteiger charge is 2.08. The van der Waals surface area contributed by atoms with E-state index in [1.807, 2.05) is 0 Å². The fraction of sp³-hybridized carbons (Fsp3) is 0. The molecule has 3 aromatic rings. The van der Waals surface area contributed by atoms with E-state index in [0.717, 1.165) is 0 Å². The first-order valence-electron chi connectivity index (χ1n) is 5.95. The summed E-state index contributed by atoms with van der Waals surface area (Å²) in [5.74, 6) is 3.17. The molecule has 0 saturated carbocycles. The summed E-state index contributed by atoms with van der Waals surface area (Å²) in [6.45, 7) is 0. The number of hydrogen-bond acceptors (Lipinski definition) is 4. The van der Waals surface area contributed by atoms with Crippen LogP contribution in [0, 0.1) is 12.3 Å². The third-order valence-electron chi connectivity index (χ3n) is 2.79. The molecule has 1 N–H and O–H groups in total. The van der Waals surface area contributed by atoms with Crippen molar-refractivity contribution in [2.24, 2.45) is 0 Å². The number of fused-ring (bicyclic) bond motifs is 1. The maximum absolute atomic E-state index is 11.4. The van der Waals surface area contributed by atoms with Crippen LogP contribution in [0.25, 0.3) is 11.0 Å². The van der Waals surface area contributed by atoms with Gasteiger partial charge in [-0.05, 0) is 24.3 Å². The van der Waals surface area contributed by atoms with Gasteiger partial charge in [-0.1, -0.05) is 17.5 Å². The zero-order chi connectivity index (χ0) is 14.8. The van der Waals surface area contributed by atoms with Crippen molar-refractivity contribution in [3.05, 3.63) is 57.6 Å². The van der Waals surface area contributed by atoms with E-state index in [2.05, 4.69) is 20.9 Å². The topological polar surface area (TPSA) is 67.9 Å². The maximum Gasteiger partial charge on any atom is 0.248 e. The number of terminal acetylenes is 1. The van der Waals surface area contributed by atoms with Crippen LogP contribution < -0.4 is 10.3 Å². The molecule has 2 aromatic heterocycles. The average molecular weight is 298 g/mol. The number of halogens is 1. The molecule has 0 amide bonds. The normalized spacial score (nSPS) is 10.3. The number of rotatable bonds is 2. The third-order valence-corrected chi connectivity index (χ3v) is 3.12. The van der Waals surface area contributed by atoms with Gasteiger partial charge in [0.25, 0.3) is 0 Å². The molecule has 0 spiro atoms. The maximum atomic E-state index is 11.4. The molecule has 5 nitrogen and oxygen atoms in total. The van der Waals surface area contributed by atoms with Crippen LogP contribution in [0.5, 0.6) is 11.6 Å². The van der Waals surface area contributed by atoms with Crippen LogP contribution in [0.1, 0.15) is 5.56 Å². The second kappa shape index (κ2) is 5.27. The van der Waals surface area contributed by atoms with Crippen LogP contribution in [-0.4, -0.2) is 15.0 Å².